The molecule has 1 aliphatic carbocycles. The van der Waals surface area contributed by atoms with Crippen LogP contribution in [-0.2, 0) is 29.4 Å². The van der Waals surface area contributed by atoms with E-state index in [1.807, 2.05) is 6.07 Å². The van der Waals surface area contributed by atoms with E-state index in [0.29, 0.717) is 23.5 Å². The molecule has 1 atom stereocenters. The number of pyridine rings is 1. The zero-order valence-corrected chi connectivity index (χ0v) is 20.6. The van der Waals surface area contributed by atoms with Crippen LogP contribution in [0.3, 0.4) is 0 Å². The summed E-state index contributed by atoms with van der Waals surface area (Å²) >= 11 is 0. The van der Waals surface area contributed by atoms with Crippen LogP contribution in [0.1, 0.15) is 53.7 Å². The quantitative estimate of drug-likeness (QED) is 0.398. The first-order valence-corrected chi connectivity index (χ1v) is 12.8. The number of hydrogen-bond donors (Lipinski definition) is 3. The van der Waals surface area contributed by atoms with Gasteiger partial charge in [-0.25, -0.2) is 9.78 Å². The van der Waals surface area contributed by atoms with Crippen molar-refractivity contribution in [3.8, 4) is 0 Å². The van der Waals surface area contributed by atoms with E-state index in [2.05, 4.69) is 27.9 Å². The van der Waals surface area contributed by atoms with Gasteiger partial charge in [0, 0.05) is 37.7 Å². The molecule has 9 heteroatoms. The van der Waals surface area contributed by atoms with Crippen LogP contribution in [-0.4, -0.2) is 57.0 Å². The zero-order chi connectivity index (χ0) is 25.1. The van der Waals surface area contributed by atoms with E-state index >= 15 is 0 Å². The second kappa shape index (κ2) is 10.7. The topological polar surface area (TPSA) is 118 Å². The van der Waals surface area contributed by atoms with Gasteiger partial charge in [0.15, 0.2) is 0 Å². The van der Waals surface area contributed by atoms with Crippen LogP contribution < -0.4 is 10.6 Å². The highest BCUT2D eigenvalue weighted by atomic mass is 16.5. The van der Waals surface area contributed by atoms with E-state index in [-0.39, 0.29) is 12.5 Å². The fourth-order valence-electron chi connectivity index (χ4n) is 5.13. The van der Waals surface area contributed by atoms with Crippen LogP contribution in [0, 0.1) is 5.92 Å². The Bertz CT molecular complexity index is 1250. The minimum absolute atomic E-state index is 0.155. The van der Waals surface area contributed by atoms with Gasteiger partial charge in [-0.05, 0) is 68.2 Å². The van der Waals surface area contributed by atoms with Crippen molar-refractivity contribution in [2.75, 3.05) is 18.5 Å². The lowest BCUT2D eigenvalue weighted by Crippen LogP contribution is -2.42. The molecule has 0 spiro atoms. The van der Waals surface area contributed by atoms with Gasteiger partial charge >= 0.3 is 5.97 Å². The van der Waals surface area contributed by atoms with Crippen LogP contribution in [0.5, 0.6) is 0 Å². The van der Waals surface area contributed by atoms with Crippen molar-refractivity contribution in [2.45, 2.75) is 57.1 Å². The Kier molecular flexibility index (Phi) is 7.18. The Morgan fingerprint density at radius 1 is 1.28 bits per heavy atom. The van der Waals surface area contributed by atoms with Gasteiger partial charge in [0.1, 0.15) is 11.9 Å². The lowest BCUT2D eigenvalue weighted by Gasteiger charge is -2.35. The first-order chi connectivity index (χ1) is 17.5. The van der Waals surface area contributed by atoms with E-state index in [9.17, 15) is 14.7 Å². The number of aliphatic carboxylic acids is 1. The first-order valence-electron chi connectivity index (χ1n) is 12.8. The number of anilines is 1. The van der Waals surface area contributed by atoms with Gasteiger partial charge < -0.3 is 20.5 Å². The van der Waals surface area contributed by atoms with Crippen LogP contribution in [0.2, 0.25) is 0 Å². The van der Waals surface area contributed by atoms with Gasteiger partial charge in [-0.1, -0.05) is 12.1 Å². The van der Waals surface area contributed by atoms with E-state index in [0.717, 1.165) is 55.7 Å². The first kappa shape index (κ1) is 24.2. The third-order valence-corrected chi connectivity index (χ3v) is 7.35. The fourth-order valence-corrected chi connectivity index (χ4v) is 5.13. The van der Waals surface area contributed by atoms with Crippen LogP contribution in [0.4, 0.5) is 5.82 Å². The van der Waals surface area contributed by atoms with E-state index < -0.39 is 17.9 Å². The smallest absolute Gasteiger partial charge is 0.326 e. The van der Waals surface area contributed by atoms with Gasteiger partial charge in [0.2, 0.25) is 0 Å². The SMILES string of the molecule is Cn1ncc2c(C(=O)N[C@@H](CCOC3CC(CCc4ccc5c(n4)NCCC5)C3)C(=O)O)cccc21. The number of carboxylic acid groups (broad SMARTS) is 1. The third-order valence-electron chi connectivity index (χ3n) is 7.35. The molecule has 1 saturated carbocycles. The molecule has 190 valence electrons. The summed E-state index contributed by atoms with van der Waals surface area (Å²) in [6.45, 7) is 1.29. The number of hydrogen-bond acceptors (Lipinski definition) is 6. The highest BCUT2D eigenvalue weighted by Gasteiger charge is 2.30. The van der Waals surface area contributed by atoms with Gasteiger partial charge in [-0.3, -0.25) is 9.48 Å². The summed E-state index contributed by atoms with van der Waals surface area (Å²) in [6.07, 6.45) is 8.27. The number of ether oxygens (including phenoxy) is 1. The molecule has 0 saturated heterocycles. The number of carboxylic acids is 1. The van der Waals surface area contributed by atoms with Crippen molar-refractivity contribution in [2.24, 2.45) is 13.0 Å². The molecule has 0 radical (unpaired) electrons. The summed E-state index contributed by atoms with van der Waals surface area (Å²) in [7, 11) is 1.80. The minimum Gasteiger partial charge on any atom is -0.480 e. The second-order valence-corrected chi connectivity index (χ2v) is 9.87. The number of fused-ring (bicyclic) bond motifs is 2. The number of aromatic nitrogens is 3. The summed E-state index contributed by atoms with van der Waals surface area (Å²) in [5.41, 5.74) is 3.68. The summed E-state index contributed by atoms with van der Waals surface area (Å²) in [6, 6.07) is 8.65. The fraction of sp³-hybridized carbons (Fsp3) is 0.481. The number of carbonyl (C=O) groups excluding carboxylic acids is 1. The number of amides is 1. The second-order valence-electron chi connectivity index (χ2n) is 9.87. The molecule has 3 N–H and O–H groups in total. The van der Waals surface area contributed by atoms with Crippen molar-refractivity contribution in [3.63, 3.8) is 0 Å². The molecule has 1 fully saturated rings. The average molecular weight is 492 g/mol. The van der Waals surface area contributed by atoms with E-state index in [4.69, 9.17) is 9.72 Å². The van der Waals surface area contributed by atoms with E-state index in [1.165, 1.54) is 12.0 Å². The maximum absolute atomic E-state index is 12.8. The van der Waals surface area contributed by atoms with Crippen molar-refractivity contribution in [3.05, 3.63) is 53.3 Å². The summed E-state index contributed by atoms with van der Waals surface area (Å²) in [4.78, 5) is 29.3. The predicted octanol–water partition coefficient (Wildman–Crippen LogP) is 3.33. The third kappa shape index (κ3) is 5.36. The molecule has 1 aliphatic heterocycles. The number of rotatable bonds is 10. The monoisotopic (exact) mass is 491 g/mol. The molecule has 9 nitrogen and oxygen atoms in total. The standard InChI is InChI=1S/C27H33N5O4/c1-32-24-6-2-5-21(22(24)16-29-32)26(33)31-23(27(34)35)11-13-36-20-14-17(15-20)7-9-19-10-8-18-4-3-12-28-25(18)30-19/h2,5-6,8,10,16-17,20,23H,3-4,7,9,11-15H2,1H3,(H,28,30)(H,31,33)(H,34,35)/t17?,20?,23-/m0/s1. The van der Waals surface area contributed by atoms with Crippen LogP contribution in [0.15, 0.2) is 36.5 Å². The molecule has 2 aliphatic rings. The van der Waals surface area contributed by atoms with Gasteiger partial charge in [-0.15, -0.1) is 0 Å². The lowest BCUT2D eigenvalue weighted by molar-refractivity contribution is -0.140. The molecule has 2 aromatic heterocycles. The average Bonchev–Trinajstić information content (AvgIpc) is 3.24. The summed E-state index contributed by atoms with van der Waals surface area (Å²) in [5, 5.41) is 20.5. The van der Waals surface area contributed by atoms with Crippen molar-refractivity contribution >= 4 is 28.6 Å². The molecule has 5 rings (SSSR count). The van der Waals surface area contributed by atoms with Gasteiger partial charge in [0.25, 0.3) is 5.91 Å². The lowest BCUT2D eigenvalue weighted by atomic mass is 9.79. The highest BCUT2D eigenvalue weighted by Crippen LogP contribution is 2.34. The molecule has 0 unspecified atom stereocenters. The Balaban J connectivity index is 1.04. The molecular formula is C27H33N5O4. The number of nitrogens with zero attached hydrogens (tertiary/aromatic N) is 3. The van der Waals surface area contributed by atoms with Gasteiger partial charge in [0.05, 0.1) is 23.4 Å². The van der Waals surface area contributed by atoms with Crippen molar-refractivity contribution < 1.29 is 19.4 Å². The molecule has 36 heavy (non-hydrogen) atoms. The Hall–Kier alpha value is -3.46. The number of aryl methyl sites for hydroxylation is 3. The Morgan fingerprint density at radius 2 is 2.14 bits per heavy atom. The normalized spacial score (nSPS) is 19.7. The van der Waals surface area contributed by atoms with Gasteiger partial charge in [-0.2, -0.15) is 5.10 Å². The molecule has 0 bridgehead atoms. The molecule has 1 amide bonds. The summed E-state index contributed by atoms with van der Waals surface area (Å²) < 4.78 is 7.60. The van der Waals surface area contributed by atoms with Crippen LogP contribution in [0.25, 0.3) is 10.9 Å². The molecule has 1 aromatic carbocycles. The number of benzene rings is 1. The predicted molar refractivity (Wildman–Crippen MR) is 136 cm³/mol. The molecule has 3 aromatic rings. The minimum atomic E-state index is -1.07. The Labute approximate surface area is 210 Å². The van der Waals surface area contributed by atoms with E-state index in [1.54, 1.807) is 30.1 Å². The zero-order valence-electron chi connectivity index (χ0n) is 20.6. The number of carbonyl (C=O) groups is 2. The largest absolute Gasteiger partial charge is 0.480 e. The van der Waals surface area contributed by atoms with Crippen molar-refractivity contribution in [1.29, 1.82) is 0 Å². The molecular weight excluding hydrogens is 458 g/mol. The number of nitrogens with one attached hydrogen (secondary N) is 2. The maximum Gasteiger partial charge on any atom is 0.326 e. The van der Waals surface area contributed by atoms with Crippen LogP contribution >= 0.6 is 0 Å². The highest BCUT2D eigenvalue weighted by molar-refractivity contribution is 6.07. The molecule has 3 heterocycles. The summed E-state index contributed by atoms with van der Waals surface area (Å²) in [5.74, 6) is 0.168. The van der Waals surface area contributed by atoms with Crippen molar-refractivity contribution in [1.82, 2.24) is 20.1 Å². The maximum atomic E-state index is 12.8. The Morgan fingerprint density at radius 3 is 2.97 bits per heavy atom.